The van der Waals surface area contributed by atoms with Crippen LogP contribution in [0.1, 0.15) is 11.1 Å². The number of carbonyl (C=O) groups excluding carboxylic acids is 1. The van der Waals surface area contributed by atoms with Crippen molar-refractivity contribution in [3.63, 3.8) is 0 Å². The highest BCUT2D eigenvalue weighted by atomic mass is 127. The molecule has 2 aromatic carbocycles. The molecule has 3 rings (SSSR count). The van der Waals surface area contributed by atoms with Crippen LogP contribution in [0, 0.1) is 17.5 Å². The van der Waals surface area contributed by atoms with E-state index in [-0.39, 0.29) is 30.5 Å². The summed E-state index contributed by atoms with van der Waals surface area (Å²) in [4.78, 5) is 16.1. The van der Waals surface area contributed by atoms with Gasteiger partial charge in [-0.25, -0.2) is 13.2 Å². The van der Waals surface area contributed by atoms with Crippen molar-refractivity contribution in [2.75, 3.05) is 18.9 Å². The van der Waals surface area contributed by atoms with Gasteiger partial charge in [-0.2, -0.15) is 5.10 Å². The van der Waals surface area contributed by atoms with Gasteiger partial charge in [-0.1, -0.05) is 24.3 Å². The number of aromatic nitrogens is 2. The number of amides is 1. The van der Waals surface area contributed by atoms with Gasteiger partial charge in [0.25, 0.3) is 0 Å². The van der Waals surface area contributed by atoms with Gasteiger partial charge in [0.05, 0.1) is 18.8 Å². The molecule has 0 spiro atoms. The van der Waals surface area contributed by atoms with Gasteiger partial charge in [-0.05, 0) is 29.3 Å². The van der Waals surface area contributed by atoms with Gasteiger partial charge in [0.2, 0.25) is 5.91 Å². The summed E-state index contributed by atoms with van der Waals surface area (Å²) in [6, 6.07) is 11.4. The summed E-state index contributed by atoms with van der Waals surface area (Å²) in [5, 5.41) is 12.3. The molecule has 3 aromatic rings. The molecule has 7 nitrogen and oxygen atoms in total. The molecule has 32 heavy (non-hydrogen) atoms. The molecule has 0 aliphatic carbocycles. The second-order valence-corrected chi connectivity index (χ2v) is 6.52. The second kappa shape index (κ2) is 12.1. The van der Waals surface area contributed by atoms with Gasteiger partial charge in [0, 0.05) is 26.0 Å². The molecule has 170 valence electrons. The fourth-order valence-electron chi connectivity index (χ4n) is 2.83. The van der Waals surface area contributed by atoms with Crippen molar-refractivity contribution >= 4 is 41.5 Å². The van der Waals surface area contributed by atoms with E-state index in [4.69, 9.17) is 0 Å². The standard InChI is InChI=1S/C21H21F3N6O.HI/c1-25-21(27-12-18(31)29-17-8-7-16(22)19(23)20(17)24)26-11-14-5-2-3-6-15(14)13-30-10-4-9-28-30;/h2-10H,11-13H2,1H3,(H,29,31)(H2,25,26,27);1H. The number of guanidine groups is 1. The molecule has 0 saturated carbocycles. The van der Waals surface area contributed by atoms with Gasteiger partial charge < -0.3 is 16.0 Å². The number of hydrogen-bond donors (Lipinski definition) is 3. The molecule has 0 radical (unpaired) electrons. The molecule has 0 saturated heterocycles. The third kappa shape index (κ3) is 6.70. The summed E-state index contributed by atoms with van der Waals surface area (Å²) in [6.07, 6.45) is 3.59. The minimum absolute atomic E-state index is 0. The highest BCUT2D eigenvalue weighted by Crippen LogP contribution is 2.19. The van der Waals surface area contributed by atoms with E-state index in [9.17, 15) is 18.0 Å². The summed E-state index contributed by atoms with van der Waals surface area (Å²) in [6.45, 7) is 0.794. The number of benzene rings is 2. The maximum absolute atomic E-state index is 13.7. The lowest BCUT2D eigenvalue weighted by Gasteiger charge is -2.14. The Bertz CT molecular complexity index is 1080. The van der Waals surface area contributed by atoms with Gasteiger partial charge in [0.15, 0.2) is 23.4 Å². The number of halogens is 4. The Balaban J connectivity index is 0.00000363. The summed E-state index contributed by atoms with van der Waals surface area (Å²) in [7, 11) is 1.54. The zero-order valence-electron chi connectivity index (χ0n) is 17.1. The van der Waals surface area contributed by atoms with Crippen molar-refractivity contribution in [3.8, 4) is 0 Å². The average Bonchev–Trinajstić information content (AvgIpc) is 3.28. The van der Waals surface area contributed by atoms with Gasteiger partial charge in [0.1, 0.15) is 0 Å². The fraction of sp³-hybridized carbons (Fsp3) is 0.190. The summed E-state index contributed by atoms with van der Waals surface area (Å²) < 4.78 is 41.7. The van der Waals surface area contributed by atoms with Crippen LogP contribution >= 0.6 is 24.0 Å². The number of carbonyl (C=O) groups is 1. The Hall–Kier alpha value is -3.09. The van der Waals surface area contributed by atoms with Crippen LogP contribution in [0.25, 0.3) is 0 Å². The Labute approximate surface area is 200 Å². The molecule has 11 heteroatoms. The molecule has 0 fully saturated rings. The monoisotopic (exact) mass is 558 g/mol. The Kier molecular flexibility index (Phi) is 9.50. The van der Waals surface area contributed by atoms with E-state index in [2.05, 4.69) is 26.0 Å². The van der Waals surface area contributed by atoms with Gasteiger partial charge in [-0.15, -0.1) is 24.0 Å². The van der Waals surface area contributed by atoms with Crippen LogP contribution < -0.4 is 16.0 Å². The number of rotatable bonds is 7. The lowest BCUT2D eigenvalue weighted by atomic mass is 10.1. The Morgan fingerprint density at radius 3 is 2.47 bits per heavy atom. The zero-order valence-corrected chi connectivity index (χ0v) is 19.4. The van der Waals surface area contributed by atoms with Crippen LogP contribution in [-0.4, -0.2) is 35.2 Å². The van der Waals surface area contributed by atoms with E-state index in [1.54, 1.807) is 6.20 Å². The maximum atomic E-state index is 13.7. The molecular formula is C21H22F3IN6O. The molecule has 0 aliphatic rings. The lowest BCUT2D eigenvalue weighted by molar-refractivity contribution is -0.115. The predicted molar refractivity (Wildman–Crippen MR) is 126 cm³/mol. The van der Waals surface area contributed by atoms with Crippen molar-refractivity contribution in [1.82, 2.24) is 20.4 Å². The van der Waals surface area contributed by atoms with E-state index >= 15 is 0 Å². The third-order valence-corrected chi connectivity index (χ3v) is 4.41. The first-order valence-electron chi connectivity index (χ1n) is 9.40. The van der Waals surface area contributed by atoms with Crippen molar-refractivity contribution in [3.05, 3.63) is 83.4 Å². The highest BCUT2D eigenvalue weighted by Gasteiger charge is 2.15. The number of nitrogens with zero attached hydrogens (tertiary/aromatic N) is 3. The molecule has 0 unspecified atom stereocenters. The molecule has 0 aliphatic heterocycles. The van der Waals surface area contributed by atoms with E-state index in [0.29, 0.717) is 19.0 Å². The Morgan fingerprint density at radius 2 is 1.78 bits per heavy atom. The molecule has 1 amide bonds. The van der Waals surface area contributed by atoms with Crippen LogP contribution in [-0.2, 0) is 17.9 Å². The third-order valence-electron chi connectivity index (χ3n) is 4.41. The summed E-state index contributed by atoms with van der Waals surface area (Å²) in [5.41, 5.74) is 1.65. The van der Waals surface area contributed by atoms with Crippen LogP contribution in [0.4, 0.5) is 18.9 Å². The minimum atomic E-state index is -1.64. The van der Waals surface area contributed by atoms with Crippen LogP contribution in [0.15, 0.2) is 59.9 Å². The van der Waals surface area contributed by atoms with E-state index in [1.807, 2.05) is 41.2 Å². The molecule has 0 bridgehead atoms. The number of anilines is 1. The first kappa shape index (κ1) is 25.2. The molecular weight excluding hydrogens is 536 g/mol. The largest absolute Gasteiger partial charge is 0.352 e. The van der Waals surface area contributed by atoms with Crippen molar-refractivity contribution in [2.45, 2.75) is 13.1 Å². The molecule has 3 N–H and O–H groups in total. The fourth-order valence-corrected chi connectivity index (χ4v) is 2.83. The summed E-state index contributed by atoms with van der Waals surface area (Å²) in [5.74, 6) is -4.73. The topological polar surface area (TPSA) is 83.3 Å². The predicted octanol–water partition coefficient (Wildman–Crippen LogP) is 3.27. The normalized spacial score (nSPS) is 10.9. The van der Waals surface area contributed by atoms with Crippen LogP contribution in [0.3, 0.4) is 0 Å². The first-order valence-corrected chi connectivity index (χ1v) is 9.40. The summed E-state index contributed by atoms with van der Waals surface area (Å²) >= 11 is 0. The van der Waals surface area contributed by atoms with E-state index < -0.39 is 29.0 Å². The number of nitrogens with one attached hydrogen (secondary N) is 3. The smallest absolute Gasteiger partial charge is 0.243 e. The van der Waals surface area contributed by atoms with Crippen molar-refractivity contribution in [2.24, 2.45) is 4.99 Å². The quantitative estimate of drug-likeness (QED) is 0.180. The lowest BCUT2D eigenvalue weighted by Crippen LogP contribution is -2.41. The first-order chi connectivity index (χ1) is 15.0. The van der Waals surface area contributed by atoms with Gasteiger partial charge in [-0.3, -0.25) is 14.5 Å². The van der Waals surface area contributed by atoms with Crippen molar-refractivity contribution in [1.29, 1.82) is 0 Å². The van der Waals surface area contributed by atoms with E-state index in [1.165, 1.54) is 7.05 Å². The highest BCUT2D eigenvalue weighted by molar-refractivity contribution is 14.0. The second-order valence-electron chi connectivity index (χ2n) is 6.52. The SMILES string of the molecule is CN=C(NCC(=O)Nc1ccc(F)c(F)c1F)NCc1ccccc1Cn1cccn1.I. The van der Waals surface area contributed by atoms with Crippen molar-refractivity contribution < 1.29 is 18.0 Å². The van der Waals surface area contributed by atoms with Crippen LogP contribution in [0.5, 0.6) is 0 Å². The Morgan fingerprint density at radius 1 is 1.03 bits per heavy atom. The number of aliphatic imine (C=N–C) groups is 1. The van der Waals surface area contributed by atoms with Crippen LogP contribution in [0.2, 0.25) is 0 Å². The zero-order chi connectivity index (χ0) is 22.2. The molecule has 0 atom stereocenters. The van der Waals surface area contributed by atoms with Gasteiger partial charge >= 0.3 is 0 Å². The average molecular weight is 558 g/mol. The molecule has 1 heterocycles. The maximum Gasteiger partial charge on any atom is 0.243 e. The number of hydrogen-bond acceptors (Lipinski definition) is 3. The molecule has 1 aromatic heterocycles. The van der Waals surface area contributed by atoms with E-state index in [0.717, 1.165) is 23.3 Å². The minimum Gasteiger partial charge on any atom is -0.352 e.